The summed E-state index contributed by atoms with van der Waals surface area (Å²) < 4.78 is 1.64. The molecule has 0 atom stereocenters. The van der Waals surface area contributed by atoms with E-state index in [0.29, 0.717) is 22.6 Å². The van der Waals surface area contributed by atoms with Crippen molar-refractivity contribution in [2.45, 2.75) is 6.92 Å². The van der Waals surface area contributed by atoms with Crippen LogP contribution in [0, 0.1) is 6.92 Å². The van der Waals surface area contributed by atoms with E-state index in [4.69, 9.17) is 0 Å². The van der Waals surface area contributed by atoms with Gasteiger partial charge in [0.25, 0.3) is 11.8 Å². The monoisotopic (exact) mass is 453 g/mol. The normalized spacial score (nSPS) is 10.6. The van der Waals surface area contributed by atoms with Gasteiger partial charge in [-0.2, -0.15) is 5.10 Å². The molecule has 4 rings (SSSR count). The molecule has 0 aliphatic heterocycles. The van der Waals surface area contributed by atoms with Gasteiger partial charge in [0.1, 0.15) is 5.82 Å². The van der Waals surface area contributed by atoms with E-state index in [1.807, 2.05) is 92.6 Å². The number of nitrogens with one attached hydrogen (secondary N) is 2. The lowest BCUT2D eigenvalue weighted by molar-refractivity contribution is 0.101. The van der Waals surface area contributed by atoms with Crippen LogP contribution in [0.1, 0.15) is 26.3 Å². The first-order valence-electron chi connectivity index (χ1n) is 10.9. The zero-order chi connectivity index (χ0) is 24.2. The van der Waals surface area contributed by atoms with Crippen LogP contribution in [0.4, 0.5) is 17.2 Å². The van der Waals surface area contributed by atoms with Gasteiger partial charge in [-0.3, -0.25) is 14.3 Å². The average Bonchev–Trinajstić information content (AvgIpc) is 3.19. The number of benzene rings is 3. The molecule has 0 saturated carbocycles. The first kappa shape index (κ1) is 22.8. The minimum absolute atomic E-state index is 0.146. The summed E-state index contributed by atoms with van der Waals surface area (Å²) in [7, 11) is 5.65. The topological polar surface area (TPSA) is 79.3 Å². The Kier molecular flexibility index (Phi) is 6.45. The van der Waals surface area contributed by atoms with Gasteiger partial charge in [0.05, 0.1) is 5.69 Å². The van der Waals surface area contributed by atoms with Crippen molar-refractivity contribution in [1.82, 2.24) is 9.78 Å². The van der Waals surface area contributed by atoms with Gasteiger partial charge >= 0.3 is 0 Å². The molecule has 1 heterocycles. The number of anilines is 3. The van der Waals surface area contributed by atoms with E-state index in [9.17, 15) is 9.59 Å². The van der Waals surface area contributed by atoms with Gasteiger partial charge in [-0.25, -0.2) is 0 Å². The standard InChI is InChI=1S/C27H27N5O2/c1-18-8-5-6-11-23(18)27(34)28-21-14-12-19(13-15-21)24-17-25(32(4)30-24)29-26(33)20-9-7-10-22(16-20)31(2)3/h5-17H,1-4H3,(H,28,34)(H,29,33). The molecule has 1 aromatic heterocycles. The predicted molar refractivity (Wildman–Crippen MR) is 136 cm³/mol. The van der Waals surface area contributed by atoms with Crippen molar-refractivity contribution in [3.63, 3.8) is 0 Å². The van der Waals surface area contributed by atoms with Crippen molar-refractivity contribution >= 4 is 29.0 Å². The summed E-state index contributed by atoms with van der Waals surface area (Å²) in [6.45, 7) is 1.91. The Morgan fingerprint density at radius 3 is 2.29 bits per heavy atom. The molecule has 0 fully saturated rings. The van der Waals surface area contributed by atoms with Crippen molar-refractivity contribution in [2.24, 2.45) is 7.05 Å². The van der Waals surface area contributed by atoms with Crippen molar-refractivity contribution in [3.05, 3.63) is 95.6 Å². The molecule has 0 unspecified atom stereocenters. The third kappa shape index (κ3) is 4.99. The van der Waals surface area contributed by atoms with E-state index in [1.165, 1.54) is 0 Å². The molecule has 2 N–H and O–H groups in total. The maximum atomic E-state index is 12.8. The molecule has 172 valence electrons. The quantitative estimate of drug-likeness (QED) is 0.432. The summed E-state index contributed by atoms with van der Waals surface area (Å²) in [6.07, 6.45) is 0. The van der Waals surface area contributed by atoms with E-state index < -0.39 is 0 Å². The van der Waals surface area contributed by atoms with Crippen LogP contribution < -0.4 is 15.5 Å². The van der Waals surface area contributed by atoms with Gasteiger partial charge < -0.3 is 15.5 Å². The maximum absolute atomic E-state index is 12.8. The molecule has 2 amide bonds. The largest absolute Gasteiger partial charge is 0.378 e. The zero-order valence-corrected chi connectivity index (χ0v) is 19.7. The number of rotatable bonds is 6. The summed E-state index contributed by atoms with van der Waals surface area (Å²) in [6, 6.07) is 24.2. The van der Waals surface area contributed by atoms with Crippen molar-refractivity contribution < 1.29 is 9.59 Å². The highest BCUT2D eigenvalue weighted by atomic mass is 16.2. The number of carbonyl (C=O) groups is 2. The minimum Gasteiger partial charge on any atom is -0.378 e. The van der Waals surface area contributed by atoms with Crippen LogP contribution in [0.15, 0.2) is 78.9 Å². The molecule has 0 spiro atoms. The molecule has 4 aromatic rings. The van der Waals surface area contributed by atoms with E-state index >= 15 is 0 Å². The van der Waals surface area contributed by atoms with Gasteiger partial charge in [0.2, 0.25) is 0 Å². The molecule has 0 aliphatic carbocycles. The minimum atomic E-state index is -0.201. The molecule has 0 bridgehead atoms. The molecule has 7 nitrogen and oxygen atoms in total. The smallest absolute Gasteiger partial charge is 0.256 e. The van der Waals surface area contributed by atoms with Gasteiger partial charge in [-0.1, -0.05) is 36.4 Å². The summed E-state index contributed by atoms with van der Waals surface area (Å²) in [4.78, 5) is 27.3. The highest BCUT2D eigenvalue weighted by molar-refractivity contribution is 6.05. The molecule has 34 heavy (non-hydrogen) atoms. The molecule has 3 aromatic carbocycles. The van der Waals surface area contributed by atoms with Crippen LogP contribution in [0.25, 0.3) is 11.3 Å². The third-order valence-electron chi connectivity index (χ3n) is 5.57. The molecule has 0 aliphatic rings. The highest BCUT2D eigenvalue weighted by Gasteiger charge is 2.13. The first-order valence-corrected chi connectivity index (χ1v) is 10.9. The van der Waals surface area contributed by atoms with Crippen molar-refractivity contribution in [2.75, 3.05) is 29.6 Å². The second-order valence-electron chi connectivity index (χ2n) is 8.28. The number of carbonyl (C=O) groups excluding carboxylic acids is 2. The van der Waals surface area contributed by atoms with Gasteiger partial charge in [-0.15, -0.1) is 0 Å². The van der Waals surface area contributed by atoms with Crippen LogP contribution >= 0.6 is 0 Å². The number of hydrogen-bond donors (Lipinski definition) is 2. The van der Waals surface area contributed by atoms with Gasteiger partial charge in [0.15, 0.2) is 0 Å². The summed E-state index contributed by atoms with van der Waals surface area (Å²) in [5.74, 6) is 0.242. The Morgan fingerprint density at radius 1 is 0.853 bits per heavy atom. The maximum Gasteiger partial charge on any atom is 0.256 e. The fourth-order valence-corrected chi connectivity index (χ4v) is 3.59. The Labute approximate surface area is 199 Å². The van der Waals surface area contributed by atoms with Crippen molar-refractivity contribution in [3.8, 4) is 11.3 Å². The average molecular weight is 454 g/mol. The summed E-state index contributed by atoms with van der Waals surface area (Å²) in [5, 5.41) is 10.4. The lowest BCUT2D eigenvalue weighted by Crippen LogP contribution is -2.16. The number of hydrogen-bond acceptors (Lipinski definition) is 4. The Hall–Kier alpha value is -4.39. The number of nitrogens with zero attached hydrogens (tertiary/aromatic N) is 3. The van der Waals surface area contributed by atoms with Crippen molar-refractivity contribution in [1.29, 1.82) is 0 Å². The van der Waals surface area contributed by atoms with Crippen LogP contribution in [0.3, 0.4) is 0 Å². The molecule has 0 radical (unpaired) electrons. The second-order valence-corrected chi connectivity index (χ2v) is 8.28. The third-order valence-corrected chi connectivity index (χ3v) is 5.57. The molecular weight excluding hydrogens is 426 g/mol. The first-order chi connectivity index (χ1) is 16.3. The Balaban J connectivity index is 1.46. The van der Waals surface area contributed by atoms with Crippen LogP contribution in [-0.4, -0.2) is 35.7 Å². The SMILES string of the molecule is Cc1ccccc1C(=O)Nc1ccc(-c2cc(NC(=O)c3cccc(N(C)C)c3)n(C)n2)cc1. The molecule has 7 heteroatoms. The number of aromatic nitrogens is 2. The number of amides is 2. The lowest BCUT2D eigenvalue weighted by Gasteiger charge is -2.13. The van der Waals surface area contributed by atoms with E-state index in [1.54, 1.807) is 23.9 Å². The highest BCUT2D eigenvalue weighted by Crippen LogP contribution is 2.24. The van der Waals surface area contributed by atoms with Gasteiger partial charge in [0, 0.05) is 55.3 Å². The number of aryl methyl sites for hydroxylation is 2. The van der Waals surface area contributed by atoms with Crippen LogP contribution in [0.5, 0.6) is 0 Å². The van der Waals surface area contributed by atoms with E-state index in [0.717, 1.165) is 22.5 Å². The van der Waals surface area contributed by atoms with Crippen LogP contribution in [-0.2, 0) is 7.05 Å². The second kappa shape index (κ2) is 9.62. The predicted octanol–water partition coefficient (Wildman–Crippen LogP) is 4.97. The summed E-state index contributed by atoms with van der Waals surface area (Å²) in [5.41, 5.74) is 5.38. The van der Waals surface area contributed by atoms with Gasteiger partial charge in [-0.05, 0) is 48.9 Å². The van der Waals surface area contributed by atoms with Crippen LogP contribution in [0.2, 0.25) is 0 Å². The molecular formula is C27H27N5O2. The summed E-state index contributed by atoms with van der Waals surface area (Å²) >= 11 is 0. The fourth-order valence-electron chi connectivity index (χ4n) is 3.59. The van der Waals surface area contributed by atoms with E-state index in [-0.39, 0.29) is 11.8 Å². The Bertz CT molecular complexity index is 1340. The molecule has 0 saturated heterocycles. The van der Waals surface area contributed by atoms with E-state index in [2.05, 4.69) is 15.7 Å². The lowest BCUT2D eigenvalue weighted by atomic mass is 10.1. The fraction of sp³-hybridized carbons (Fsp3) is 0.148. The zero-order valence-electron chi connectivity index (χ0n) is 19.7. The Morgan fingerprint density at radius 2 is 1.59 bits per heavy atom.